The molecule has 0 fully saturated rings. The summed E-state index contributed by atoms with van der Waals surface area (Å²) >= 11 is 0. The minimum absolute atomic E-state index is 0.0143. The zero-order valence-corrected chi connectivity index (χ0v) is 13.5. The Labute approximate surface area is 139 Å². The Morgan fingerprint density at radius 1 is 1.04 bits per heavy atom. The van der Waals surface area contributed by atoms with Crippen molar-refractivity contribution >= 4 is 17.6 Å². The molecule has 1 aromatic heterocycles. The van der Waals surface area contributed by atoms with Gasteiger partial charge in [0, 0.05) is 6.07 Å². The molecule has 0 aliphatic carbocycles. The first-order valence-electron chi connectivity index (χ1n) is 8.03. The predicted octanol–water partition coefficient (Wildman–Crippen LogP) is 2.04. The fraction of sp³-hybridized carbons (Fsp3) is 0.278. The number of benzene rings is 1. The van der Waals surface area contributed by atoms with E-state index in [0.29, 0.717) is 5.69 Å². The topological polar surface area (TPSA) is 94.2 Å². The van der Waals surface area contributed by atoms with Crippen LogP contribution in [0.25, 0.3) is 5.69 Å². The van der Waals surface area contributed by atoms with Gasteiger partial charge >= 0.3 is 0 Å². The number of aryl methyl sites for hydroxylation is 1. The highest BCUT2D eigenvalue weighted by Gasteiger charge is 2.31. The van der Waals surface area contributed by atoms with E-state index in [-0.39, 0.29) is 16.9 Å². The van der Waals surface area contributed by atoms with Gasteiger partial charge in [-0.3, -0.25) is 24.3 Å². The lowest BCUT2D eigenvalue weighted by atomic mass is 10.1. The van der Waals surface area contributed by atoms with Crippen molar-refractivity contribution < 1.29 is 9.59 Å². The summed E-state index contributed by atoms with van der Waals surface area (Å²) < 4.78 is 1.26. The van der Waals surface area contributed by atoms with E-state index >= 15 is 0 Å². The number of fused-ring (bicyclic) bond motifs is 1. The van der Waals surface area contributed by atoms with Crippen LogP contribution >= 0.6 is 0 Å². The van der Waals surface area contributed by atoms with Gasteiger partial charge in [0.25, 0.3) is 17.4 Å². The molecule has 0 spiro atoms. The fourth-order valence-corrected chi connectivity index (χ4v) is 2.94. The Kier molecular flexibility index (Phi) is 4.20. The second kappa shape index (κ2) is 6.31. The van der Waals surface area contributed by atoms with Crippen molar-refractivity contribution in [3.63, 3.8) is 0 Å². The van der Waals surface area contributed by atoms with Gasteiger partial charge in [-0.25, -0.2) is 0 Å². The number of amides is 2. The quantitative estimate of drug-likeness (QED) is 0.649. The Hall–Kier alpha value is -2.89. The third-order valence-electron chi connectivity index (χ3n) is 4.22. The molecule has 3 rings (SSSR count). The molecule has 0 atom stereocenters. The molecule has 0 saturated carbocycles. The molecule has 0 saturated heterocycles. The van der Waals surface area contributed by atoms with Crippen LogP contribution in [0.5, 0.6) is 0 Å². The van der Waals surface area contributed by atoms with Crippen LogP contribution in [0.4, 0.5) is 5.82 Å². The molecule has 3 N–H and O–H groups in total. The molecule has 124 valence electrons. The maximum Gasteiger partial charge on any atom is 0.262 e. The third-order valence-corrected chi connectivity index (χ3v) is 4.22. The number of pyridine rings is 1. The number of nitrogens with one attached hydrogen (secondary N) is 1. The van der Waals surface area contributed by atoms with Gasteiger partial charge in [-0.15, -0.1) is 0 Å². The van der Waals surface area contributed by atoms with Gasteiger partial charge in [-0.2, -0.15) is 0 Å². The van der Waals surface area contributed by atoms with Crippen molar-refractivity contribution in [2.75, 3.05) is 5.73 Å². The first-order chi connectivity index (χ1) is 11.5. The highest BCUT2D eigenvalue weighted by atomic mass is 16.2. The number of aromatic nitrogens is 1. The summed E-state index contributed by atoms with van der Waals surface area (Å²) in [7, 11) is 0. The molecule has 0 radical (unpaired) electrons. The van der Waals surface area contributed by atoms with E-state index in [4.69, 9.17) is 5.73 Å². The van der Waals surface area contributed by atoms with E-state index in [1.165, 1.54) is 23.0 Å². The first kappa shape index (κ1) is 16.0. The maximum atomic E-state index is 12.3. The number of nitrogens with zero attached hydrogens (tertiary/aromatic N) is 1. The molecule has 1 aromatic carbocycles. The molecule has 1 aliphatic rings. The third kappa shape index (κ3) is 2.71. The maximum absolute atomic E-state index is 12.3. The smallest absolute Gasteiger partial charge is 0.262 e. The molecule has 2 amide bonds. The fourth-order valence-electron chi connectivity index (χ4n) is 2.94. The second-order valence-electron chi connectivity index (χ2n) is 5.90. The Balaban J connectivity index is 1.99. The van der Waals surface area contributed by atoms with Gasteiger partial charge in [0.2, 0.25) is 0 Å². The normalized spacial score (nSPS) is 13.0. The number of carbonyl (C=O) groups is 2. The van der Waals surface area contributed by atoms with Crippen LogP contribution in [0.3, 0.4) is 0 Å². The monoisotopic (exact) mass is 325 g/mol. The average Bonchev–Trinajstić information content (AvgIpc) is 2.83. The minimum atomic E-state index is -0.586. The summed E-state index contributed by atoms with van der Waals surface area (Å²) in [5.41, 5.74) is 7.43. The molecule has 6 heteroatoms. The molecule has 2 heterocycles. The van der Waals surface area contributed by atoms with E-state index in [0.717, 1.165) is 18.9 Å². The zero-order chi connectivity index (χ0) is 17.3. The van der Waals surface area contributed by atoms with Crippen LogP contribution in [0.2, 0.25) is 0 Å². The highest BCUT2D eigenvalue weighted by Crippen LogP contribution is 2.23. The summed E-state index contributed by atoms with van der Waals surface area (Å²) in [6.07, 6.45) is 4.46. The lowest BCUT2D eigenvalue weighted by molar-refractivity contribution is 0.0880. The van der Waals surface area contributed by atoms with Crippen molar-refractivity contribution in [3.05, 3.63) is 57.4 Å². The summed E-state index contributed by atoms with van der Waals surface area (Å²) in [6, 6.07) is 8.67. The van der Waals surface area contributed by atoms with Gasteiger partial charge in [-0.05, 0) is 30.5 Å². The molecule has 1 aliphatic heterocycles. The van der Waals surface area contributed by atoms with E-state index in [9.17, 15) is 14.4 Å². The molecule has 2 aromatic rings. The van der Waals surface area contributed by atoms with Gasteiger partial charge in [0.15, 0.2) is 0 Å². The number of hydrogen-bond donors (Lipinski definition) is 2. The number of unbranched alkanes of at least 4 members (excludes halogenated alkanes) is 2. The van der Waals surface area contributed by atoms with Crippen molar-refractivity contribution in [1.82, 2.24) is 9.88 Å². The van der Waals surface area contributed by atoms with Crippen LogP contribution in [0.1, 0.15) is 52.5 Å². The zero-order valence-electron chi connectivity index (χ0n) is 13.5. The van der Waals surface area contributed by atoms with Crippen molar-refractivity contribution in [3.8, 4) is 5.69 Å². The summed E-state index contributed by atoms with van der Waals surface area (Å²) in [6.45, 7) is 2.16. The number of imide groups is 1. The number of nitrogens with two attached hydrogens (primary N) is 1. The van der Waals surface area contributed by atoms with Crippen molar-refractivity contribution in [2.45, 2.75) is 32.6 Å². The number of hydrogen-bond acceptors (Lipinski definition) is 4. The molecule has 0 unspecified atom stereocenters. The van der Waals surface area contributed by atoms with Crippen LogP contribution < -0.4 is 16.6 Å². The lowest BCUT2D eigenvalue weighted by Gasteiger charge is -2.12. The molecule has 0 bridgehead atoms. The van der Waals surface area contributed by atoms with E-state index in [1.807, 2.05) is 12.1 Å². The minimum Gasteiger partial charge on any atom is -0.384 e. The van der Waals surface area contributed by atoms with E-state index in [2.05, 4.69) is 12.2 Å². The van der Waals surface area contributed by atoms with Gasteiger partial charge in [0.05, 0.1) is 16.8 Å². The molecule has 24 heavy (non-hydrogen) atoms. The van der Waals surface area contributed by atoms with Crippen LogP contribution in [-0.4, -0.2) is 16.4 Å². The largest absolute Gasteiger partial charge is 0.384 e. The Morgan fingerprint density at radius 2 is 1.75 bits per heavy atom. The van der Waals surface area contributed by atoms with Crippen molar-refractivity contribution in [2.24, 2.45) is 0 Å². The van der Waals surface area contributed by atoms with Gasteiger partial charge in [0.1, 0.15) is 5.82 Å². The lowest BCUT2D eigenvalue weighted by Crippen LogP contribution is -2.24. The summed E-state index contributed by atoms with van der Waals surface area (Å²) in [4.78, 5) is 35.9. The van der Waals surface area contributed by atoms with Crippen LogP contribution in [0.15, 0.2) is 35.1 Å². The van der Waals surface area contributed by atoms with Gasteiger partial charge < -0.3 is 5.73 Å². The van der Waals surface area contributed by atoms with Crippen LogP contribution in [-0.2, 0) is 6.42 Å². The molecular formula is C18H19N3O3. The Morgan fingerprint density at radius 3 is 2.42 bits per heavy atom. The molecule has 6 nitrogen and oxygen atoms in total. The molecular weight excluding hydrogens is 306 g/mol. The van der Waals surface area contributed by atoms with Crippen molar-refractivity contribution in [1.29, 1.82) is 0 Å². The van der Waals surface area contributed by atoms with E-state index in [1.54, 1.807) is 12.1 Å². The number of nitrogen functional groups attached to an aromatic ring is 1. The SMILES string of the molecule is CCCCCc1ccc(-n2c(N)c3c(cc2=O)C(=O)NC3=O)cc1. The highest BCUT2D eigenvalue weighted by molar-refractivity contribution is 6.23. The first-order valence-corrected chi connectivity index (χ1v) is 8.03. The standard InChI is InChI=1S/C18H19N3O3/c1-2-3-4-5-11-6-8-12(9-7-11)21-14(22)10-13-15(16(21)19)18(24)20-17(13)23/h6-10H,2-5,19H2,1H3,(H,20,23,24). The van der Waals surface area contributed by atoms with E-state index < -0.39 is 17.4 Å². The average molecular weight is 325 g/mol. The second-order valence-corrected chi connectivity index (χ2v) is 5.90. The number of carbonyl (C=O) groups excluding carboxylic acids is 2. The number of rotatable bonds is 5. The number of anilines is 1. The Bertz CT molecular complexity index is 866. The van der Waals surface area contributed by atoms with Gasteiger partial charge in [-0.1, -0.05) is 31.9 Å². The van der Waals surface area contributed by atoms with Crippen LogP contribution in [0, 0.1) is 0 Å². The summed E-state index contributed by atoms with van der Waals surface area (Å²) in [5.74, 6) is -1.17. The summed E-state index contributed by atoms with van der Waals surface area (Å²) in [5, 5.41) is 2.16. The predicted molar refractivity (Wildman–Crippen MR) is 91.5 cm³/mol.